The Hall–Kier alpha value is -1.39. The van der Waals surface area contributed by atoms with E-state index < -0.39 is 0 Å². The normalized spacial score (nSPS) is 16.6. The number of pyridine rings is 1. The lowest BCUT2D eigenvalue weighted by Gasteiger charge is -2.36. The fraction of sp³-hybridized carbons (Fsp3) is 0.545. The Morgan fingerprint density at radius 1 is 1.30 bits per heavy atom. The van der Waals surface area contributed by atoms with Crippen LogP contribution >= 0.6 is 35.3 Å². The number of aliphatic imine (C=N–C) groups is 1. The van der Waals surface area contributed by atoms with Crippen LogP contribution in [0.4, 0.5) is 5.82 Å². The summed E-state index contributed by atoms with van der Waals surface area (Å²) < 4.78 is 0. The van der Waals surface area contributed by atoms with E-state index in [0.29, 0.717) is 12.6 Å². The zero-order valence-electron chi connectivity index (χ0n) is 18.5. The van der Waals surface area contributed by atoms with E-state index in [4.69, 9.17) is 0 Å². The van der Waals surface area contributed by atoms with Gasteiger partial charge in [-0.05, 0) is 61.0 Å². The Bertz CT molecular complexity index is 772. The van der Waals surface area contributed by atoms with Gasteiger partial charge in [0.25, 0.3) is 0 Å². The molecule has 0 bridgehead atoms. The van der Waals surface area contributed by atoms with Gasteiger partial charge < -0.3 is 15.5 Å². The Kier molecular flexibility index (Phi) is 10.3. The van der Waals surface area contributed by atoms with E-state index in [-0.39, 0.29) is 24.0 Å². The van der Waals surface area contributed by atoms with Crippen LogP contribution in [0.1, 0.15) is 36.2 Å². The second-order valence-corrected chi connectivity index (χ2v) is 8.95. The van der Waals surface area contributed by atoms with Gasteiger partial charge in [0.15, 0.2) is 5.96 Å². The van der Waals surface area contributed by atoms with Crippen molar-refractivity contribution in [1.29, 1.82) is 0 Å². The lowest BCUT2D eigenvalue weighted by molar-refractivity contribution is 0.140. The molecule has 166 valence electrons. The first kappa shape index (κ1) is 24.9. The number of rotatable bonds is 7. The molecule has 1 saturated heterocycles. The van der Waals surface area contributed by atoms with Gasteiger partial charge in [0.2, 0.25) is 0 Å². The number of guanidine groups is 1. The molecule has 1 unspecified atom stereocenters. The largest absolute Gasteiger partial charge is 0.363 e. The van der Waals surface area contributed by atoms with Crippen LogP contribution in [0.2, 0.25) is 0 Å². The molecule has 0 aromatic carbocycles. The van der Waals surface area contributed by atoms with Crippen LogP contribution in [0.25, 0.3) is 0 Å². The van der Waals surface area contributed by atoms with E-state index in [1.165, 1.54) is 36.4 Å². The maximum atomic E-state index is 4.42. The van der Waals surface area contributed by atoms with Crippen LogP contribution in [0, 0.1) is 5.92 Å². The molecule has 3 heterocycles. The van der Waals surface area contributed by atoms with Gasteiger partial charge >= 0.3 is 0 Å². The minimum Gasteiger partial charge on any atom is -0.363 e. The van der Waals surface area contributed by atoms with Gasteiger partial charge in [-0.25, -0.2) is 4.98 Å². The molecule has 1 aliphatic heterocycles. The first-order chi connectivity index (χ1) is 14.1. The van der Waals surface area contributed by atoms with Crippen molar-refractivity contribution in [1.82, 2.24) is 20.5 Å². The summed E-state index contributed by atoms with van der Waals surface area (Å²) in [6.07, 6.45) is 4.42. The molecule has 0 spiro atoms. The summed E-state index contributed by atoms with van der Waals surface area (Å²) in [5, 5.41) is 9.17. The highest BCUT2D eigenvalue weighted by Gasteiger charge is 2.25. The highest BCUT2D eigenvalue weighted by Crippen LogP contribution is 2.29. The molecular weight excluding hydrogens is 507 g/mol. The van der Waals surface area contributed by atoms with Crippen molar-refractivity contribution in [2.24, 2.45) is 10.9 Å². The van der Waals surface area contributed by atoms with E-state index in [2.05, 4.69) is 56.0 Å². The molecule has 0 amide bonds. The quantitative estimate of drug-likeness (QED) is 0.315. The van der Waals surface area contributed by atoms with Crippen LogP contribution in [0.15, 0.2) is 40.8 Å². The summed E-state index contributed by atoms with van der Waals surface area (Å²) in [5.74, 6) is 2.63. The highest BCUT2D eigenvalue weighted by molar-refractivity contribution is 14.0. The number of hydrogen-bond donors (Lipinski definition) is 2. The van der Waals surface area contributed by atoms with Crippen molar-refractivity contribution in [3.63, 3.8) is 0 Å². The zero-order valence-corrected chi connectivity index (χ0v) is 21.6. The van der Waals surface area contributed by atoms with Crippen LogP contribution in [0.3, 0.4) is 0 Å². The van der Waals surface area contributed by atoms with Gasteiger partial charge in [-0.3, -0.25) is 9.89 Å². The number of nitrogens with zero attached hydrogens (tertiary/aromatic N) is 4. The average Bonchev–Trinajstić information content (AvgIpc) is 3.26. The zero-order chi connectivity index (χ0) is 20.6. The van der Waals surface area contributed by atoms with Crippen LogP contribution < -0.4 is 15.5 Å². The number of thiophene rings is 1. The Balaban J connectivity index is 0.00000320. The van der Waals surface area contributed by atoms with E-state index in [1.807, 2.05) is 49.6 Å². The predicted octanol–water partition coefficient (Wildman–Crippen LogP) is 3.97. The van der Waals surface area contributed by atoms with Gasteiger partial charge in [0.05, 0.1) is 6.04 Å². The molecule has 2 aromatic heterocycles. The van der Waals surface area contributed by atoms with Crippen LogP contribution in [-0.2, 0) is 6.54 Å². The molecule has 0 radical (unpaired) electrons. The molecule has 3 rings (SSSR count). The Morgan fingerprint density at radius 2 is 2.07 bits per heavy atom. The first-order valence-corrected chi connectivity index (χ1v) is 11.3. The minimum absolute atomic E-state index is 0. The van der Waals surface area contributed by atoms with E-state index in [0.717, 1.165) is 24.2 Å². The lowest BCUT2D eigenvalue weighted by atomic mass is 9.97. The fourth-order valence-electron chi connectivity index (χ4n) is 3.65. The number of hydrogen-bond acceptors (Lipinski definition) is 5. The van der Waals surface area contributed by atoms with Gasteiger partial charge in [-0.1, -0.05) is 13.0 Å². The first-order valence-electron chi connectivity index (χ1n) is 10.4. The van der Waals surface area contributed by atoms with Crippen molar-refractivity contribution >= 4 is 47.1 Å². The molecule has 30 heavy (non-hydrogen) atoms. The molecule has 8 heteroatoms. The fourth-order valence-corrected chi connectivity index (χ4v) is 4.51. The number of aromatic nitrogens is 1. The van der Waals surface area contributed by atoms with Crippen molar-refractivity contribution < 1.29 is 0 Å². The molecule has 1 aliphatic rings. The van der Waals surface area contributed by atoms with E-state index >= 15 is 0 Å². The topological polar surface area (TPSA) is 55.8 Å². The molecule has 1 fully saturated rings. The number of likely N-dealkylation sites (tertiary alicyclic amines) is 1. The molecular formula is C22H35IN6S. The van der Waals surface area contributed by atoms with Gasteiger partial charge in [-0.15, -0.1) is 35.3 Å². The Morgan fingerprint density at radius 3 is 2.70 bits per heavy atom. The summed E-state index contributed by atoms with van der Waals surface area (Å²) in [6.45, 7) is 6.27. The molecule has 2 aromatic rings. The second-order valence-electron chi connectivity index (χ2n) is 7.97. The second kappa shape index (κ2) is 12.5. The van der Waals surface area contributed by atoms with E-state index in [1.54, 1.807) is 0 Å². The third-order valence-corrected chi connectivity index (χ3v) is 6.52. The maximum Gasteiger partial charge on any atom is 0.191 e. The third-order valence-electron chi connectivity index (χ3n) is 5.55. The lowest BCUT2D eigenvalue weighted by Crippen LogP contribution is -2.44. The van der Waals surface area contributed by atoms with Crippen molar-refractivity contribution in [3.8, 4) is 0 Å². The number of halogens is 1. The van der Waals surface area contributed by atoms with Crippen molar-refractivity contribution in [3.05, 3.63) is 46.3 Å². The third kappa shape index (κ3) is 7.09. The standard InChI is InChI=1S/C22H34N6S.HI/c1-17-8-11-28(12-9-17)19(20-6-5-13-29-20)16-26-22(23-2)25-15-18-7-10-24-21(14-18)27(3)4;/h5-7,10,13-14,17,19H,8-9,11-12,15-16H2,1-4H3,(H2,23,25,26);1H. The molecule has 0 saturated carbocycles. The highest BCUT2D eigenvalue weighted by atomic mass is 127. The minimum atomic E-state index is 0. The Labute approximate surface area is 202 Å². The number of nitrogens with one attached hydrogen (secondary N) is 2. The number of piperidine rings is 1. The summed E-state index contributed by atoms with van der Waals surface area (Å²) in [5.41, 5.74) is 1.19. The number of anilines is 1. The van der Waals surface area contributed by atoms with Crippen molar-refractivity contribution in [2.75, 3.05) is 45.7 Å². The smallest absolute Gasteiger partial charge is 0.191 e. The van der Waals surface area contributed by atoms with Gasteiger partial charge in [0.1, 0.15) is 5.82 Å². The predicted molar refractivity (Wildman–Crippen MR) is 139 cm³/mol. The summed E-state index contributed by atoms with van der Waals surface area (Å²) in [6, 6.07) is 8.94. The summed E-state index contributed by atoms with van der Waals surface area (Å²) in [7, 11) is 5.84. The summed E-state index contributed by atoms with van der Waals surface area (Å²) in [4.78, 5) is 14.9. The molecule has 6 nitrogen and oxygen atoms in total. The van der Waals surface area contributed by atoms with Crippen LogP contribution in [0.5, 0.6) is 0 Å². The molecule has 0 aliphatic carbocycles. The molecule has 1 atom stereocenters. The van der Waals surface area contributed by atoms with E-state index in [9.17, 15) is 0 Å². The average molecular weight is 543 g/mol. The molecule has 2 N–H and O–H groups in total. The van der Waals surface area contributed by atoms with Gasteiger partial charge in [-0.2, -0.15) is 0 Å². The van der Waals surface area contributed by atoms with Gasteiger partial charge in [0, 0.05) is 45.3 Å². The SMILES string of the molecule is CN=C(NCc1ccnc(N(C)C)c1)NCC(c1cccs1)N1CCC(C)CC1.I. The maximum absolute atomic E-state index is 4.42. The van der Waals surface area contributed by atoms with Crippen LogP contribution in [-0.4, -0.2) is 56.6 Å². The summed E-state index contributed by atoms with van der Waals surface area (Å²) >= 11 is 1.85. The van der Waals surface area contributed by atoms with Crippen molar-refractivity contribution in [2.45, 2.75) is 32.4 Å². The monoisotopic (exact) mass is 542 g/mol.